The van der Waals surface area contributed by atoms with Gasteiger partial charge in [0.05, 0.1) is 38.9 Å². The standard InChI is InChI=1S/C22H20ClFN4O3S2/c1-22(11-33(29,30)28(2)21(25)27-22)20-17(23)15-5-7-26-18(19(15)32-20)14-4-3-12(9-16(14)24)13-6-8-31-10-13/h3-5,7,9-10H,6,8,11H2,1-2H3,(H2,25,27)/t22-/m0/s1. The summed E-state index contributed by atoms with van der Waals surface area (Å²) in [6.45, 7) is 2.27. The van der Waals surface area contributed by atoms with Crippen LogP contribution in [0.15, 0.2) is 41.7 Å². The Labute approximate surface area is 199 Å². The molecule has 0 fully saturated rings. The number of nitrogens with zero attached hydrogens (tertiary/aromatic N) is 3. The van der Waals surface area contributed by atoms with Gasteiger partial charge in [0.1, 0.15) is 11.4 Å². The van der Waals surface area contributed by atoms with E-state index in [1.165, 1.54) is 24.5 Å². The largest absolute Gasteiger partial charge is 0.501 e. The summed E-state index contributed by atoms with van der Waals surface area (Å²) < 4.78 is 47.3. The molecule has 2 aliphatic rings. The fourth-order valence-corrected chi connectivity index (χ4v) is 7.45. The summed E-state index contributed by atoms with van der Waals surface area (Å²) in [5.74, 6) is -0.809. The number of halogens is 2. The van der Waals surface area contributed by atoms with Crippen molar-refractivity contribution in [2.24, 2.45) is 10.7 Å². The smallest absolute Gasteiger partial charge is 0.239 e. The van der Waals surface area contributed by atoms with E-state index in [4.69, 9.17) is 22.1 Å². The molecular formula is C22H20ClFN4O3S2. The van der Waals surface area contributed by atoms with Gasteiger partial charge >= 0.3 is 0 Å². The Morgan fingerprint density at radius 3 is 2.79 bits per heavy atom. The van der Waals surface area contributed by atoms with Gasteiger partial charge in [-0.3, -0.25) is 4.98 Å². The average molecular weight is 507 g/mol. The van der Waals surface area contributed by atoms with Crippen molar-refractivity contribution >= 4 is 54.6 Å². The highest BCUT2D eigenvalue weighted by Gasteiger charge is 2.43. The van der Waals surface area contributed by atoms with E-state index in [1.54, 1.807) is 31.5 Å². The number of benzene rings is 1. The average Bonchev–Trinajstić information content (AvgIpc) is 3.41. The lowest BCUT2D eigenvalue weighted by Crippen LogP contribution is -2.50. The van der Waals surface area contributed by atoms with E-state index in [-0.39, 0.29) is 11.7 Å². The first-order chi connectivity index (χ1) is 15.6. The number of pyridine rings is 1. The third-order valence-electron chi connectivity index (χ3n) is 5.91. The highest BCUT2D eigenvalue weighted by Crippen LogP contribution is 2.47. The van der Waals surface area contributed by atoms with Crippen LogP contribution in [0, 0.1) is 5.82 Å². The first-order valence-corrected chi connectivity index (χ1v) is 12.9. The Morgan fingerprint density at radius 1 is 1.33 bits per heavy atom. The lowest BCUT2D eigenvalue weighted by molar-refractivity contribution is 0.281. The van der Waals surface area contributed by atoms with E-state index in [9.17, 15) is 8.42 Å². The lowest BCUT2D eigenvalue weighted by atomic mass is 10.0. The molecule has 0 bridgehead atoms. The molecule has 0 unspecified atom stereocenters. The summed E-state index contributed by atoms with van der Waals surface area (Å²) >= 11 is 7.97. The second-order valence-electron chi connectivity index (χ2n) is 8.21. The number of ether oxygens (including phenoxy) is 1. The van der Waals surface area contributed by atoms with Crippen LogP contribution in [0.5, 0.6) is 0 Å². The molecule has 0 saturated heterocycles. The zero-order chi connectivity index (χ0) is 23.5. The van der Waals surface area contributed by atoms with Gasteiger partial charge in [-0.05, 0) is 36.3 Å². The van der Waals surface area contributed by atoms with Crippen LogP contribution in [-0.2, 0) is 20.3 Å². The van der Waals surface area contributed by atoms with Crippen molar-refractivity contribution in [3.8, 4) is 11.3 Å². The molecule has 0 amide bonds. The van der Waals surface area contributed by atoms with Crippen molar-refractivity contribution in [3.05, 3.63) is 58.0 Å². The normalized spacial score (nSPS) is 22.2. The quantitative estimate of drug-likeness (QED) is 0.570. The van der Waals surface area contributed by atoms with Crippen molar-refractivity contribution in [2.75, 3.05) is 19.4 Å². The van der Waals surface area contributed by atoms with Crippen LogP contribution >= 0.6 is 22.9 Å². The lowest BCUT2D eigenvalue weighted by Gasteiger charge is -2.33. The third kappa shape index (κ3) is 3.56. The van der Waals surface area contributed by atoms with Gasteiger partial charge < -0.3 is 10.5 Å². The minimum absolute atomic E-state index is 0.109. The number of hydrogen-bond donors (Lipinski definition) is 1. The van der Waals surface area contributed by atoms with Crippen molar-refractivity contribution in [2.45, 2.75) is 18.9 Å². The van der Waals surface area contributed by atoms with Crippen LogP contribution in [-0.4, -0.2) is 43.1 Å². The number of nitrogens with two attached hydrogens (primary N) is 1. The van der Waals surface area contributed by atoms with Crippen molar-refractivity contribution in [1.82, 2.24) is 9.29 Å². The first kappa shape index (κ1) is 22.1. The summed E-state index contributed by atoms with van der Waals surface area (Å²) in [6, 6.07) is 6.73. The molecule has 1 atom stereocenters. The molecular weight excluding hydrogens is 487 g/mol. The van der Waals surface area contributed by atoms with E-state index >= 15 is 4.39 Å². The molecule has 11 heteroatoms. The fourth-order valence-electron chi connectivity index (χ4n) is 4.10. The van der Waals surface area contributed by atoms with Crippen LogP contribution < -0.4 is 5.73 Å². The summed E-state index contributed by atoms with van der Waals surface area (Å²) in [7, 11) is -2.30. The van der Waals surface area contributed by atoms with Gasteiger partial charge in [-0.2, -0.15) is 0 Å². The number of rotatable bonds is 3. The Hall–Kier alpha value is -2.69. The van der Waals surface area contributed by atoms with Gasteiger partial charge in [0, 0.05) is 30.6 Å². The van der Waals surface area contributed by atoms with E-state index in [2.05, 4.69) is 9.98 Å². The van der Waals surface area contributed by atoms with Crippen LogP contribution in [0.3, 0.4) is 0 Å². The Bertz CT molecular complexity index is 1470. The topological polar surface area (TPSA) is 97.9 Å². The summed E-state index contributed by atoms with van der Waals surface area (Å²) in [5.41, 5.74) is 7.20. The van der Waals surface area contributed by atoms with Gasteiger partial charge in [0.15, 0.2) is 0 Å². The van der Waals surface area contributed by atoms with Crippen molar-refractivity contribution < 1.29 is 17.5 Å². The molecule has 172 valence electrons. The molecule has 33 heavy (non-hydrogen) atoms. The zero-order valence-electron chi connectivity index (χ0n) is 17.8. The molecule has 7 nitrogen and oxygen atoms in total. The molecule has 0 spiro atoms. The maximum Gasteiger partial charge on any atom is 0.239 e. The molecule has 2 aliphatic heterocycles. The minimum Gasteiger partial charge on any atom is -0.501 e. The second-order valence-corrected chi connectivity index (χ2v) is 11.6. The summed E-state index contributed by atoms with van der Waals surface area (Å²) in [5, 5.41) is 1.02. The summed E-state index contributed by atoms with van der Waals surface area (Å²) in [6.07, 6.45) is 3.95. The highest BCUT2D eigenvalue weighted by molar-refractivity contribution is 7.89. The van der Waals surface area contributed by atoms with Gasteiger partial charge in [-0.1, -0.05) is 17.7 Å². The van der Waals surface area contributed by atoms with E-state index < -0.39 is 21.4 Å². The predicted molar refractivity (Wildman–Crippen MR) is 129 cm³/mol. The molecule has 4 heterocycles. The Morgan fingerprint density at radius 2 is 2.12 bits per heavy atom. The Kier molecular flexibility index (Phi) is 5.15. The van der Waals surface area contributed by atoms with Gasteiger partial charge in [-0.25, -0.2) is 22.1 Å². The molecule has 5 rings (SSSR count). The molecule has 2 aromatic heterocycles. The maximum absolute atomic E-state index is 15.2. The fraction of sp³-hybridized carbons (Fsp3) is 0.273. The molecule has 1 aromatic carbocycles. The number of guanidine groups is 1. The van der Waals surface area contributed by atoms with Gasteiger partial charge in [0.25, 0.3) is 0 Å². The SMILES string of the molecule is CN1C(N)=N[C@](C)(c2sc3c(-c4ccc(C5=COCC5)cc4F)nccc3c2Cl)CS1(=O)=O. The van der Waals surface area contributed by atoms with Gasteiger partial charge in [-0.15, -0.1) is 11.3 Å². The monoisotopic (exact) mass is 506 g/mol. The number of fused-ring (bicyclic) bond motifs is 1. The first-order valence-electron chi connectivity index (χ1n) is 10.1. The summed E-state index contributed by atoms with van der Waals surface area (Å²) in [4.78, 5) is 9.42. The molecule has 0 saturated carbocycles. The van der Waals surface area contributed by atoms with Gasteiger partial charge in [0.2, 0.25) is 16.0 Å². The number of aliphatic imine (C=N–C) groups is 1. The van der Waals surface area contributed by atoms with E-state index in [0.717, 1.165) is 21.9 Å². The minimum atomic E-state index is -3.67. The highest BCUT2D eigenvalue weighted by atomic mass is 35.5. The van der Waals surface area contributed by atoms with Crippen LogP contribution in [0.4, 0.5) is 4.39 Å². The molecule has 0 aliphatic carbocycles. The third-order valence-corrected chi connectivity index (χ3v) is 9.83. The molecule has 0 radical (unpaired) electrons. The molecule has 2 N–H and O–H groups in total. The second kappa shape index (κ2) is 7.68. The van der Waals surface area contributed by atoms with Crippen LogP contribution in [0.1, 0.15) is 23.8 Å². The zero-order valence-corrected chi connectivity index (χ0v) is 20.2. The maximum atomic E-state index is 15.2. The number of hydrogen-bond acceptors (Lipinski definition) is 7. The van der Waals surface area contributed by atoms with E-state index in [0.29, 0.717) is 37.9 Å². The van der Waals surface area contributed by atoms with Crippen molar-refractivity contribution in [3.63, 3.8) is 0 Å². The predicted octanol–water partition coefficient (Wildman–Crippen LogP) is 4.32. The Balaban J connectivity index is 1.65. The van der Waals surface area contributed by atoms with Crippen LogP contribution in [0.25, 0.3) is 26.9 Å². The van der Waals surface area contributed by atoms with E-state index in [1.807, 2.05) is 6.07 Å². The number of thiophene rings is 1. The number of sulfonamides is 1. The number of aromatic nitrogens is 1. The molecule has 3 aromatic rings. The van der Waals surface area contributed by atoms with Crippen LogP contribution in [0.2, 0.25) is 5.02 Å². The van der Waals surface area contributed by atoms with Crippen molar-refractivity contribution in [1.29, 1.82) is 0 Å².